The van der Waals surface area contributed by atoms with Gasteiger partial charge in [0.1, 0.15) is 22.0 Å². The predicted molar refractivity (Wildman–Crippen MR) is 128 cm³/mol. The van der Waals surface area contributed by atoms with E-state index in [1.54, 1.807) is 6.92 Å². The Morgan fingerprint density at radius 1 is 1.06 bits per heavy atom. The maximum Gasteiger partial charge on any atom is 0.407 e. The van der Waals surface area contributed by atoms with Crippen LogP contribution in [0.25, 0.3) is 11.1 Å². The summed E-state index contributed by atoms with van der Waals surface area (Å²) in [4.78, 5) is 40.7. The average Bonchev–Trinajstić information content (AvgIpc) is 3.33. The summed E-state index contributed by atoms with van der Waals surface area (Å²) in [5.74, 6) is -1.69. The number of carbonyl (C=O) groups is 3. The first kappa shape index (κ1) is 23.4. The van der Waals surface area contributed by atoms with Gasteiger partial charge in [-0.15, -0.1) is 11.3 Å². The lowest BCUT2D eigenvalue weighted by atomic mass is 9.98. The van der Waals surface area contributed by atoms with E-state index in [-0.39, 0.29) is 19.1 Å². The van der Waals surface area contributed by atoms with Crippen LogP contribution in [0, 0.1) is 6.92 Å². The number of alkyl carbamates (subject to hydrolysis) is 1. The molecule has 3 N–H and O–H groups in total. The number of hydrogen-bond acceptors (Lipinski definition) is 6. The van der Waals surface area contributed by atoms with Gasteiger partial charge in [-0.1, -0.05) is 48.5 Å². The van der Waals surface area contributed by atoms with Crippen molar-refractivity contribution in [2.24, 2.45) is 0 Å². The summed E-state index contributed by atoms with van der Waals surface area (Å²) in [5, 5.41) is 14.9. The Bertz CT molecular complexity index is 1220. The van der Waals surface area contributed by atoms with Crippen LogP contribution < -0.4 is 10.6 Å². The van der Waals surface area contributed by atoms with E-state index in [1.807, 2.05) is 24.3 Å². The molecule has 0 saturated heterocycles. The van der Waals surface area contributed by atoms with Gasteiger partial charge in [-0.25, -0.2) is 14.6 Å². The highest BCUT2D eigenvalue weighted by Gasteiger charge is 2.31. The number of nitrogens with zero attached hydrogens (tertiary/aromatic N) is 1. The number of thiazole rings is 1. The van der Waals surface area contributed by atoms with Crippen molar-refractivity contribution < 1.29 is 24.2 Å². The van der Waals surface area contributed by atoms with Gasteiger partial charge in [0, 0.05) is 5.92 Å². The number of aliphatic carboxylic acids is 1. The zero-order valence-corrected chi connectivity index (χ0v) is 19.9. The van der Waals surface area contributed by atoms with Gasteiger partial charge in [0.15, 0.2) is 0 Å². The third-order valence-electron chi connectivity index (χ3n) is 5.74. The zero-order valence-electron chi connectivity index (χ0n) is 19.0. The van der Waals surface area contributed by atoms with Crippen molar-refractivity contribution in [3.63, 3.8) is 0 Å². The Hall–Kier alpha value is -3.72. The lowest BCUT2D eigenvalue weighted by Crippen LogP contribution is -2.49. The van der Waals surface area contributed by atoms with E-state index in [4.69, 9.17) is 4.74 Å². The number of aromatic nitrogens is 1. The largest absolute Gasteiger partial charge is 0.480 e. The fourth-order valence-corrected chi connectivity index (χ4v) is 4.83. The van der Waals surface area contributed by atoms with Gasteiger partial charge in [0.25, 0.3) is 5.91 Å². The monoisotopic (exact) mass is 479 g/mol. The topological polar surface area (TPSA) is 118 Å². The van der Waals surface area contributed by atoms with E-state index in [0.717, 1.165) is 33.6 Å². The normalized spacial score (nSPS) is 12.6. The van der Waals surface area contributed by atoms with Crippen molar-refractivity contribution >= 4 is 29.3 Å². The number of benzene rings is 2. The fraction of sp³-hybridized carbons (Fsp3) is 0.280. The van der Waals surface area contributed by atoms with Crippen LogP contribution in [0.15, 0.2) is 48.5 Å². The van der Waals surface area contributed by atoms with Crippen LogP contribution in [0.1, 0.15) is 51.3 Å². The quantitative estimate of drug-likeness (QED) is 0.470. The third-order valence-corrected chi connectivity index (χ3v) is 6.89. The molecule has 8 nitrogen and oxygen atoms in total. The lowest BCUT2D eigenvalue weighted by molar-refractivity contribution is -0.143. The molecule has 9 heteroatoms. The number of amides is 2. The van der Waals surface area contributed by atoms with Crippen molar-refractivity contribution in [1.29, 1.82) is 0 Å². The molecule has 2 aromatic carbocycles. The van der Waals surface area contributed by atoms with Gasteiger partial charge in [-0.3, -0.25) is 4.79 Å². The molecule has 0 saturated carbocycles. The van der Waals surface area contributed by atoms with Crippen molar-refractivity contribution in [2.75, 3.05) is 6.61 Å². The first-order valence-electron chi connectivity index (χ1n) is 10.8. The van der Waals surface area contributed by atoms with E-state index in [1.165, 1.54) is 13.8 Å². The molecule has 4 rings (SSSR count). The molecule has 0 radical (unpaired) electrons. The standard InChI is InChI=1S/C25H25N3O5S/c1-14-21(22(29)28-25(2,3)23(30)31)34-20(27-14)12-26-24(32)33-13-19-17-10-6-4-8-15(17)16-9-5-7-11-18(16)19/h4-11,19H,12-13H2,1-3H3,(H,26,32)(H,28,29)(H,30,31). The van der Waals surface area contributed by atoms with E-state index < -0.39 is 23.5 Å². The molecular weight excluding hydrogens is 454 g/mol. The minimum atomic E-state index is -1.41. The Balaban J connectivity index is 1.35. The average molecular weight is 480 g/mol. The highest BCUT2D eigenvalue weighted by atomic mass is 32.1. The molecule has 34 heavy (non-hydrogen) atoms. The number of carbonyl (C=O) groups excluding carboxylic acids is 2. The SMILES string of the molecule is Cc1nc(CNC(=O)OCC2c3ccccc3-c3ccccc32)sc1C(=O)NC(C)(C)C(=O)O. The van der Waals surface area contributed by atoms with Gasteiger partial charge < -0.3 is 20.5 Å². The van der Waals surface area contributed by atoms with Crippen LogP contribution in [0.4, 0.5) is 4.79 Å². The molecular formula is C25H25N3O5S. The van der Waals surface area contributed by atoms with E-state index in [2.05, 4.69) is 39.9 Å². The zero-order chi connectivity index (χ0) is 24.5. The number of carboxylic acids is 1. The van der Waals surface area contributed by atoms with Crippen LogP contribution in [0.2, 0.25) is 0 Å². The molecule has 2 amide bonds. The molecule has 0 spiro atoms. The third kappa shape index (κ3) is 4.65. The van der Waals surface area contributed by atoms with Gasteiger partial charge in [0.2, 0.25) is 0 Å². The van der Waals surface area contributed by atoms with E-state index in [0.29, 0.717) is 15.6 Å². The number of nitrogens with one attached hydrogen (secondary N) is 2. The molecule has 1 aliphatic carbocycles. The summed E-state index contributed by atoms with van der Waals surface area (Å²) in [7, 11) is 0. The summed E-state index contributed by atoms with van der Waals surface area (Å²) < 4.78 is 5.52. The lowest BCUT2D eigenvalue weighted by Gasteiger charge is -2.20. The number of aryl methyl sites for hydroxylation is 1. The van der Waals surface area contributed by atoms with Gasteiger partial charge in [-0.05, 0) is 43.0 Å². The molecule has 1 aliphatic rings. The Morgan fingerprint density at radius 3 is 2.24 bits per heavy atom. The molecule has 0 atom stereocenters. The maximum absolute atomic E-state index is 12.5. The molecule has 3 aromatic rings. The highest BCUT2D eigenvalue weighted by molar-refractivity contribution is 7.13. The Morgan fingerprint density at radius 2 is 1.65 bits per heavy atom. The van der Waals surface area contributed by atoms with Crippen LogP contribution in [-0.2, 0) is 16.1 Å². The minimum Gasteiger partial charge on any atom is -0.480 e. The van der Waals surface area contributed by atoms with Crippen LogP contribution >= 0.6 is 11.3 Å². The summed E-state index contributed by atoms with van der Waals surface area (Å²) in [6.07, 6.45) is -0.576. The molecule has 0 bridgehead atoms. The number of fused-ring (bicyclic) bond motifs is 3. The van der Waals surface area contributed by atoms with Gasteiger partial charge in [0.05, 0.1) is 12.2 Å². The van der Waals surface area contributed by atoms with Crippen molar-refractivity contribution in [3.05, 3.63) is 75.2 Å². The first-order valence-corrected chi connectivity index (χ1v) is 11.6. The van der Waals surface area contributed by atoms with Crippen LogP contribution in [0.3, 0.4) is 0 Å². The molecule has 1 heterocycles. The first-order chi connectivity index (χ1) is 16.2. The van der Waals surface area contributed by atoms with Crippen LogP contribution in [0.5, 0.6) is 0 Å². The minimum absolute atomic E-state index is 0.0341. The van der Waals surface area contributed by atoms with E-state index in [9.17, 15) is 19.5 Å². The number of rotatable bonds is 7. The Labute approximate surface area is 201 Å². The predicted octanol–water partition coefficient (Wildman–Crippen LogP) is 4.08. The summed E-state index contributed by atoms with van der Waals surface area (Å²) in [6.45, 7) is 4.77. The van der Waals surface area contributed by atoms with Crippen molar-refractivity contribution in [3.8, 4) is 11.1 Å². The van der Waals surface area contributed by atoms with Gasteiger partial charge >= 0.3 is 12.1 Å². The summed E-state index contributed by atoms with van der Waals surface area (Å²) >= 11 is 1.10. The van der Waals surface area contributed by atoms with E-state index >= 15 is 0 Å². The van der Waals surface area contributed by atoms with Crippen molar-refractivity contribution in [1.82, 2.24) is 15.6 Å². The summed E-state index contributed by atoms with van der Waals surface area (Å²) in [6, 6.07) is 16.2. The number of hydrogen-bond donors (Lipinski definition) is 3. The highest BCUT2D eigenvalue weighted by Crippen LogP contribution is 2.44. The van der Waals surface area contributed by atoms with Crippen molar-refractivity contribution in [2.45, 2.75) is 38.8 Å². The Kier molecular flexibility index (Phi) is 6.39. The number of carboxylic acid groups (broad SMARTS) is 1. The van der Waals surface area contributed by atoms with Crippen LogP contribution in [-0.4, -0.2) is 40.2 Å². The number of ether oxygens (including phenoxy) is 1. The summed E-state index contributed by atoms with van der Waals surface area (Å²) in [5.41, 5.74) is 3.63. The second kappa shape index (κ2) is 9.26. The molecule has 0 aliphatic heterocycles. The molecule has 0 unspecified atom stereocenters. The fourth-order valence-electron chi connectivity index (χ4n) is 3.93. The van der Waals surface area contributed by atoms with Gasteiger partial charge in [-0.2, -0.15) is 0 Å². The molecule has 1 aromatic heterocycles. The second-order valence-corrected chi connectivity index (χ2v) is 9.67. The molecule has 176 valence electrons. The maximum atomic E-state index is 12.5. The molecule has 0 fully saturated rings. The second-order valence-electron chi connectivity index (χ2n) is 8.59. The smallest absolute Gasteiger partial charge is 0.407 e.